The number of nitrogens with zero attached hydrogens (tertiary/aromatic N) is 1. The van der Waals surface area contributed by atoms with Crippen LogP contribution in [0.25, 0.3) is 0 Å². The first-order valence-electron chi connectivity index (χ1n) is 7.74. The molecule has 0 saturated heterocycles. The Kier molecular flexibility index (Phi) is 10.8. The lowest BCUT2D eigenvalue weighted by molar-refractivity contribution is -0.121. The van der Waals surface area contributed by atoms with E-state index in [1.165, 1.54) is 6.26 Å². The maximum absolute atomic E-state index is 11.5. The summed E-state index contributed by atoms with van der Waals surface area (Å²) in [5.41, 5.74) is 0. The largest absolute Gasteiger partial charge is 0.356 e. The molecule has 0 radical (unpaired) electrons. The van der Waals surface area contributed by atoms with E-state index < -0.39 is 9.84 Å². The number of carbonyl (C=O) groups excluding carboxylic acids is 1. The molecular weight excluding hydrogens is 431 g/mol. The summed E-state index contributed by atoms with van der Waals surface area (Å²) in [5.74, 6) is 0.886. The van der Waals surface area contributed by atoms with Crippen LogP contribution in [0.2, 0.25) is 0 Å². The third-order valence-electron chi connectivity index (χ3n) is 3.34. The lowest BCUT2D eigenvalue weighted by Crippen LogP contribution is -2.43. The van der Waals surface area contributed by atoms with Crippen LogP contribution in [-0.2, 0) is 14.6 Å². The van der Waals surface area contributed by atoms with Gasteiger partial charge in [-0.1, -0.05) is 0 Å². The zero-order chi connectivity index (χ0) is 16.6. The second kappa shape index (κ2) is 11.1. The van der Waals surface area contributed by atoms with Crippen molar-refractivity contribution in [2.24, 2.45) is 4.99 Å². The number of rotatable bonds is 9. The molecule has 1 aliphatic carbocycles. The number of hydrogen-bond acceptors (Lipinski definition) is 4. The lowest BCUT2D eigenvalue weighted by atomic mass is 10.2. The standard InChI is InChI=1S/C14H28N4O3S.HI/c1-11(8-10-22(3,20)21)17-14(15-2)16-9-4-5-13(19)18-12-6-7-12;/h11-12H,4-10H2,1-3H3,(H,18,19)(H2,15,16,17);1H. The van der Waals surface area contributed by atoms with Crippen molar-refractivity contribution in [2.45, 2.75) is 51.1 Å². The molecule has 1 fully saturated rings. The molecular formula is C14H29IN4O3S. The minimum Gasteiger partial charge on any atom is -0.356 e. The Morgan fingerprint density at radius 2 is 2.00 bits per heavy atom. The first-order valence-corrected chi connectivity index (χ1v) is 9.80. The van der Waals surface area contributed by atoms with E-state index in [4.69, 9.17) is 0 Å². The summed E-state index contributed by atoms with van der Waals surface area (Å²) in [6.45, 7) is 2.57. The Bertz CT molecular complexity index is 492. The summed E-state index contributed by atoms with van der Waals surface area (Å²) >= 11 is 0. The van der Waals surface area contributed by atoms with Crippen molar-refractivity contribution in [1.29, 1.82) is 0 Å². The summed E-state index contributed by atoms with van der Waals surface area (Å²) < 4.78 is 22.3. The van der Waals surface area contributed by atoms with Gasteiger partial charge in [0.05, 0.1) is 5.75 Å². The molecule has 0 aromatic heterocycles. The topological polar surface area (TPSA) is 99.7 Å². The predicted molar refractivity (Wildman–Crippen MR) is 104 cm³/mol. The number of nitrogens with one attached hydrogen (secondary N) is 3. The lowest BCUT2D eigenvalue weighted by Gasteiger charge is -2.17. The Morgan fingerprint density at radius 3 is 2.52 bits per heavy atom. The molecule has 1 saturated carbocycles. The molecule has 0 spiro atoms. The molecule has 0 bridgehead atoms. The first-order chi connectivity index (χ1) is 10.3. The quantitative estimate of drug-likeness (QED) is 0.203. The smallest absolute Gasteiger partial charge is 0.220 e. The zero-order valence-electron chi connectivity index (χ0n) is 14.1. The highest BCUT2D eigenvalue weighted by atomic mass is 127. The molecule has 1 rings (SSSR count). The summed E-state index contributed by atoms with van der Waals surface area (Å²) in [6.07, 6.45) is 5.21. The summed E-state index contributed by atoms with van der Waals surface area (Å²) in [7, 11) is -1.28. The molecule has 7 nitrogen and oxygen atoms in total. The molecule has 23 heavy (non-hydrogen) atoms. The predicted octanol–water partition coefficient (Wildman–Crippen LogP) is 0.651. The maximum Gasteiger partial charge on any atom is 0.220 e. The van der Waals surface area contributed by atoms with E-state index in [-0.39, 0.29) is 41.7 Å². The molecule has 1 unspecified atom stereocenters. The van der Waals surface area contributed by atoms with Crippen LogP contribution in [0.1, 0.15) is 39.0 Å². The zero-order valence-corrected chi connectivity index (χ0v) is 17.2. The van der Waals surface area contributed by atoms with Crippen molar-refractivity contribution in [3.05, 3.63) is 0 Å². The maximum atomic E-state index is 11.5. The Labute approximate surface area is 156 Å². The molecule has 1 amide bonds. The third kappa shape index (κ3) is 12.5. The van der Waals surface area contributed by atoms with E-state index >= 15 is 0 Å². The molecule has 3 N–H and O–H groups in total. The van der Waals surface area contributed by atoms with Crippen LogP contribution < -0.4 is 16.0 Å². The van der Waals surface area contributed by atoms with Gasteiger partial charge >= 0.3 is 0 Å². The summed E-state index contributed by atoms with van der Waals surface area (Å²) in [4.78, 5) is 15.6. The van der Waals surface area contributed by atoms with Crippen LogP contribution >= 0.6 is 24.0 Å². The van der Waals surface area contributed by atoms with Gasteiger partial charge in [-0.3, -0.25) is 9.79 Å². The number of guanidine groups is 1. The van der Waals surface area contributed by atoms with Crippen LogP contribution in [0.5, 0.6) is 0 Å². The van der Waals surface area contributed by atoms with Crippen LogP contribution in [0.4, 0.5) is 0 Å². The van der Waals surface area contributed by atoms with Crippen molar-refractivity contribution in [1.82, 2.24) is 16.0 Å². The molecule has 136 valence electrons. The van der Waals surface area contributed by atoms with E-state index in [2.05, 4.69) is 20.9 Å². The van der Waals surface area contributed by atoms with E-state index in [0.717, 1.165) is 19.3 Å². The van der Waals surface area contributed by atoms with Gasteiger partial charge in [0.15, 0.2) is 5.96 Å². The number of halogens is 1. The van der Waals surface area contributed by atoms with E-state index in [1.807, 2.05) is 6.92 Å². The first kappa shape index (κ1) is 22.4. The van der Waals surface area contributed by atoms with Crippen molar-refractivity contribution in [3.63, 3.8) is 0 Å². The van der Waals surface area contributed by atoms with Crippen molar-refractivity contribution >= 4 is 45.7 Å². The van der Waals surface area contributed by atoms with Gasteiger partial charge in [0.1, 0.15) is 9.84 Å². The number of hydrogen-bond donors (Lipinski definition) is 3. The highest BCUT2D eigenvalue weighted by Gasteiger charge is 2.22. The summed E-state index contributed by atoms with van der Waals surface area (Å²) in [6, 6.07) is 0.421. The van der Waals surface area contributed by atoms with Crippen molar-refractivity contribution in [2.75, 3.05) is 25.6 Å². The SMILES string of the molecule is CN=C(NCCCC(=O)NC1CC1)NC(C)CCS(C)(=O)=O.I. The fraction of sp³-hybridized carbons (Fsp3) is 0.857. The Morgan fingerprint density at radius 1 is 1.35 bits per heavy atom. The molecule has 0 aromatic rings. The normalized spacial score (nSPS) is 16.2. The fourth-order valence-electron chi connectivity index (χ4n) is 1.87. The van der Waals surface area contributed by atoms with Gasteiger partial charge in [0, 0.05) is 38.4 Å². The molecule has 0 aromatic carbocycles. The molecule has 0 heterocycles. The van der Waals surface area contributed by atoms with Gasteiger partial charge in [-0.2, -0.15) is 0 Å². The number of carbonyl (C=O) groups is 1. The van der Waals surface area contributed by atoms with Crippen molar-refractivity contribution < 1.29 is 13.2 Å². The van der Waals surface area contributed by atoms with E-state index in [9.17, 15) is 13.2 Å². The van der Waals surface area contributed by atoms with E-state index in [0.29, 0.717) is 31.4 Å². The third-order valence-corrected chi connectivity index (χ3v) is 4.32. The van der Waals surface area contributed by atoms with Gasteiger partial charge in [-0.05, 0) is 32.6 Å². The van der Waals surface area contributed by atoms with Gasteiger partial charge in [0.2, 0.25) is 5.91 Å². The molecule has 0 aliphatic heterocycles. The highest BCUT2D eigenvalue weighted by Crippen LogP contribution is 2.18. The van der Waals surface area contributed by atoms with Gasteiger partial charge in [-0.25, -0.2) is 8.42 Å². The number of sulfone groups is 1. The minimum atomic E-state index is -2.94. The average molecular weight is 460 g/mol. The minimum absolute atomic E-state index is 0. The number of amides is 1. The van der Waals surface area contributed by atoms with Crippen LogP contribution in [-0.4, -0.2) is 58.0 Å². The second-order valence-corrected chi connectivity index (χ2v) is 8.17. The van der Waals surface area contributed by atoms with Gasteiger partial charge in [0.25, 0.3) is 0 Å². The molecule has 1 atom stereocenters. The van der Waals surface area contributed by atoms with E-state index in [1.54, 1.807) is 7.05 Å². The summed E-state index contributed by atoms with van der Waals surface area (Å²) in [5, 5.41) is 9.22. The Balaban J connectivity index is 0.00000484. The molecule has 9 heteroatoms. The van der Waals surface area contributed by atoms with Crippen LogP contribution in [0.3, 0.4) is 0 Å². The van der Waals surface area contributed by atoms with Crippen LogP contribution in [0, 0.1) is 0 Å². The highest BCUT2D eigenvalue weighted by molar-refractivity contribution is 14.0. The van der Waals surface area contributed by atoms with Crippen LogP contribution in [0.15, 0.2) is 4.99 Å². The molecule has 1 aliphatic rings. The second-order valence-electron chi connectivity index (χ2n) is 5.91. The Hall–Kier alpha value is -0.580. The fourth-order valence-corrected chi connectivity index (χ4v) is 2.66. The monoisotopic (exact) mass is 460 g/mol. The van der Waals surface area contributed by atoms with Gasteiger partial charge in [-0.15, -0.1) is 24.0 Å². The van der Waals surface area contributed by atoms with Gasteiger partial charge < -0.3 is 16.0 Å². The average Bonchev–Trinajstić information content (AvgIpc) is 3.23. The van der Waals surface area contributed by atoms with Crippen molar-refractivity contribution in [3.8, 4) is 0 Å². The number of aliphatic imine (C=N–C) groups is 1.